The summed E-state index contributed by atoms with van der Waals surface area (Å²) >= 11 is 0. The van der Waals surface area contributed by atoms with Crippen LogP contribution in [-0.4, -0.2) is 57.3 Å². The Labute approximate surface area is 234 Å². The van der Waals surface area contributed by atoms with E-state index < -0.39 is 24.0 Å². The second-order valence-corrected chi connectivity index (χ2v) is 10.1. The molecule has 3 aromatic rings. The summed E-state index contributed by atoms with van der Waals surface area (Å²) in [5, 5.41) is 15.0. The number of anilines is 2. The van der Waals surface area contributed by atoms with Gasteiger partial charge >= 0.3 is 0 Å². The number of rotatable bonds is 6. The quantitative estimate of drug-likeness (QED) is 0.315. The molecule has 3 amide bonds. The number of pyridine rings is 1. The molecule has 2 bridgehead atoms. The van der Waals surface area contributed by atoms with E-state index in [0.29, 0.717) is 43.4 Å². The van der Waals surface area contributed by atoms with Gasteiger partial charge < -0.3 is 26.6 Å². The zero-order valence-electron chi connectivity index (χ0n) is 23.0. The summed E-state index contributed by atoms with van der Waals surface area (Å²) in [6.45, 7) is 6.04. The van der Waals surface area contributed by atoms with Crippen molar-refractivity contribution in [2.45, 2.75) is 58.3 Å². The van der Waals surface area contributed by atoms with Crippen molar-refractivity contribution in [1.82, 2.24) is 30.9 Å². The van der Waals surface area contributed by atoms with E-state index >= 15 is 0 Å². The largest absolute Gasteiger partial charge is 0.358 e. The van der Waals surface area contributed by atoms with E-state index in [-0.39, 0.29) is 17.7 Å². The standard InChI is InChI=1S/C29H36N8O3/c1-18(2)25-28(40)33-19(3)26(38)31-14-12-21-16-24(36-29(34-21)32-17-22-11-7-8-13-30-22)35-23(27(39)37-25)15-20-9-5-4-6-10-20/h4-11,13,16,18-19,23,25H,12,14-15,17H2,1-3H3,(H,31,38)(H,33,40)(H,37,39)(H2,32,34,35,36)/t19-,23-,25+/m0/s1. The van der Waals surface area contributed by atoms with E-state index in [1.807, 2.05) is 62.4 Å². The minimum Gasteiger partial charge on any atom is -0.358 e. The number of carbonyl (C=O) groups excluding carboxylic acids is 3. The Hall–Kier alpha value is -4.54. The van der Waals surface area contributed by atoms with Gasteiger partial charge in [0.25, 0.3) is 0 Å². The predicted molar refractivity (Wildman–Crippen MR) is 152 cm³/mol. The van der Waals surface area contributed by atoms with Crippen LogP contribution in [0.2, 0.25) is 0 Å². The van der Waals surface area contributed by atoms with Gasteiger partial charge in [-0.25, -0.2) is 4.98 Å². The second-order valence-electron chi connectivity index (χ2n) is 10.1. The molecule has 0 unspecified atom stereocenters. The highest BCUT2D eigenvalue weighted by atomic mass is 16.2. The smallest absolute Gasteiger partial charge is 0.243 e. The molecule has 2 aromatic heterocycles. The fraction of sp³-hybridized carbons (Fsp3) is 0.379. The highest BCUT2D eigenvalue weighted by Crippen LogP contribution is 2.16. The van der Waals surface area contributed by atoms with Crippen molar-refractivity contribution in [3.05, 3.63) is 77.7 Å². The number of hydrogen-bond donors (Lipinski definition) is 5. The SMILES string of the molecule is CC(C)[C@H]1NC(=O)[C@H](Cc2ccccc2)Nc2cc(nc(NCc3ccccn3)n2)CCNC(=O)[C@H](C)NC1=O. The highest BCUT2D eigenvalue weighted by molar-refractivity contribution is 5.93. The fourth-order valence-corrected chi connectivity index (χ4v) is 4.31. The first-order valence-corrected chi connectivity index (χ1v) is 13.5. The van der Waals surface area contributed by atoms with Crippen molar-refractivity contribution in [3.8, 4) is 0 Å². The lowest BCUT2D eigenvalue weighted by atomic mass is 10.0. The van der Waals surface area contributed by atoms with Crippen LogP contribution in [0.15, 0.2) is 60.8 Å². The molecule has 0 radical (unpaired) electrons. The van der Waals surface area contributed by atoms with Gasteiger partial charge in [-0.15, -0.1) is 0 Å². The van der Waals surface area contributed by atoms with Crippen LogP contribution in [0.5, 0.6) is 0 Å². The van der Waals surface area contributed by atoms with E-state index in [0.717, 1.165) is 11.3 Å². The molecular weight excluding hydrogens is 508 g/mol. The molecule has 5 N–H and O–H groups in total. The topological polar surface area (TPSA) is 150 Å². The number of fused-ring (bicyclic) bond motifs is 2. The fourth-order valence-electron chi connectivity index (χ4n) is 4.31. The molecule has 3 heterocycles. The van der Waals surface area contributed by atoms with Crippen molar-refractivity contribution in [2.75, 3.05) is 17.2 Å². The van der Waals surface area contributed by atoms with Gasteiger partial charge in [0.2, 0.25) is 23.7 Å². The molecule has 11 nitrogen and oxygen atoms in total. The van der Waals surface area contributed by atoms with Crippen molar-refractivity contribution in [1.29, 1.82) is 0 Å². The van der Waals surface area contributed by atoms with E-state index in [4.69, 9.17) is 0 Å². The molecule has 0 fully saturated rings. The van der Waals surface area contributed by atoms with Crippen LogP contribution in [0, 0.1) is 5.92 Å². The Morgan fingerprint density at radius 2 is 1.70 bits per heavy atom. The molecule has 1 aliphatic rings. The monoisotopic (exact) mass is 544 g/mol. The van der Waals surface area contributed by atoms with Crippen molar-refractivity contribution in [3.63, 3.8) is 0 Å². The highest BCUT2D eigenvalue weighted by Gasteiger charge is 2.30. The zero-order chi connectivity index (χ0) is 28.5. The molecule has 0 spiro atoms. The average molecular weight is 545 g/mol. The van der Waals surface area contributed by atoms with E-state index in [1.165, 1.54) is 0 Å². The van der Waals surface area contributed by atoms with E-state index in [9.17, 15) is 14.4 Å². The van der Waals surface area contributed by atoms with E-state index in [2.05, 4.69) is 41.5 Å². The maximum absolute atomic E-state index is 13.7. The van der Waals surface area contributed by atoms with Gasteiger partial charge in [-0.3, -0.25) is 19.4 Å². The first-order valence-electron chi connectivity index (χ1n) is 13.5. The Kier molecular flexibility index (Phi) is 9.61. The number of nitrogens with one attached hydrogen (secondary N) is 5. The van der Waals surface area contributed by atoms with Gasteiger partial charge in [-0.05, 0) is 30.5 Å². The van der Waals surface area contributed by atoms with E-state index in [1.54, 1.807) is 19.2 Å². The van der Waals surface area contributed by atoms with Gasteiger partial charge in [0.15, 0.2) is 0 Å². The van der Waals surface area contributed by atoms with Crippen LogP contribution in [0.1, 0.15) is 37.7 Å². The summed E-state index contributed by atoms with van der Waals surface area (Å²) in [6.07, 6.45) is 2.51. The maximum Gasteiger partial charge on any atom is 0.243 e. The molecule has 0 saturated heterocycles. The normalized spacial score (nSPS) is 20.3. The molecule has 1 aromatic carbocycles. The van der Waals surface area contributed by atoms with Gasteiger partial charge in [0.05, 0.1) is 12.2 Å². The molecule has 40 heavy (non-hydrogen) atoms. The third-order valence-electron chi connectivity index (χ3n) is 6.53. The zero-order valence-corrected chi connectivity index (χ0v) is 23.0. The number of amides is 3. The maximum atomic E-state index is 13.7. The van der Waals surface area contributed by atoms with Gasteiger partial charge in [0, 0.05) is 37.3 Å². The summed E-state index contributed by atoms with van der Waals surface area (Å²) in [7, 11) is 0. The van der Waals surface area contributed by atoms with Crippen molar-refractivity contribution < 1.29 is 14.4 Å². The number of hydrogen-bond acceptors (Lipinski definition) is 8. The third kappa shape index (κ3) is 7.98. The summed E-state index contributed by atoms with van der Waals surface area (Å²) < 4.78 is 0. The third-order valence-corrected chi connectivity index (χ3v) is 6.53. The molecule has 0 aliphatic carbocycles. The number of benzene rings is 1. The number of nitrogens with zero attached hydrogens (tertiary/aromatic N) is 3. The summed E-state index contributed by atoms with van der Waals surface area (Å²) in [6, 6.07) is 14.7. The van der Waals surface area contributed by atoms with Gasteiger partial charge in [0.1, 0.15) is 23.9 Å². The molecule has 11 heteroatoms. The van der Waals surface area contributed by atoms with Crippen LogP contribution >= 0.6 is 0 Å². The lowest BCUT2D eigenvalue weighted by Crippen LogP contribution is -2.56. The van der Waals surface area contributed by atoms with Gasteiger partial charge in [-0.2, -0.15) is 4.98 Å². The predicted octanol–water partition coefficient (Wildman–Crippen LogP) is 1.82. The van der Waals surface area contributed by atoms with Crippen molar-refractivity contribution >= 4 is 29.5 Å². The van der Waals surface area contributed by atoms with Crippen LogP contribution in [0.3, 0.4) is 0 Å². The average Bonchev–Trinajstić information content (AvgIpc) is 2.94. The van der Waals surface area contributed by atoms with Crippen LogP contribution < -0.4 is 26.6 Å². The van der Waals surface area contributed by atoms with Crippen LogP contribution in [0.25, 0.3) is 0 Å². The molecule has 3 atom stereocenters. The minimum atomic E-state index is -0.829. The number of aromatic nitrogens is 3. The lowest BCUT2D eigenvalue weighted by Gasteiger charge is -2.26. The Balaban J connectivity index is 1.67. The minimum absolute atomic E-state index is 0.208. The Morgan fingerprint density at radius 1 is 0.925 bits per heavy atom. The van der Waals surface area contributed by atoms with Crippen LogP contribution in [0.4, 0.5) is 11.8 Å². The second kappa shape index (κ2) is 13.5. The first-order chi connectivity index (χ1) is 19.3. The molecule has 0 saturated carbocycles. The van der Waals surface area contributed by atoms with Crippen LogP contribution in [-0.2, 0) is 33.8 Å². The molecule has 4 rings (SSSR count). The Bertz CT molecular complexity index is 1300. The summed E-state index contributed by atoms with van der Waals surface area (Å²) in [5.74, 6) is -0.482. The first kappa shape index (κ1) is 28.5. The molecule has 1 aliphatic heterocycles. The Morgan fingerprint density at radius 3 is 2.42 bits per heavy atom. The lowest BCUT2D eigenvalue weighted by molar-refractivity contribution is -0.132. The summed E-state index contributed by atoms with van der Waals surface area (Å²) in [4.78, 5) is 53.0. The summed E-state index contributed by atoms with van der Waals surface area (Å²) in [5.41, 5.74) is 2.44. The number of carbonyl (C=O) groups is 3. The molecule has 210 valence electrons. The van der Waals surface area contributed by atoms with Gasteiger partial charge in [-0.1, -0.05) is 50.2 Å². The van der Waals surface area contributed by atoms with Crippen molar-refractivity contribution in [2.24, 2.45) is 5.92 Å². The molecular formula is C29H36N8O3.